The number of piperazine rings is 1. The van der Waals surface area contributed by atoms with Gasteiger partial charge in [-0.2, -0.15) is 0 Å². The maximum Gasteiger partial charge on any atom is 0.132 e. The lowest BCUT2D eigenvalue weighted by molar-refractivity contribution is 0.113. The molecule has 2 heterocycles. The molecule has 0 spiro atoms. The number of aromatic nitrogens is 2. The summed E-state index contributed by atoms with van der Waals surface area (Å²) in [7, 11) is 4.39. The Bertz CT molecular complexity index is 474. The number of rotatable bonds is 5. The maximum atomic E-state index is 4.76. The van der Waals surface area contributed by atoms with Crippen LogP contribution in [0.5, 0.6) is 0 Å². The minimum absolute atomic E-state index is 0.505. The normalized spacial score (nSPS) is 20.7. The molecule has 1 unspecified atom stereocenters. The Morgan fingerprint density at radius 3 is 2.67 bits per heavy atom. The number of likely N-dealkylation sites (N-methyl/N-ethyl adjacent to an activating group) is 2. The van der Waals surface area contributed by atoms with E-state index in [0.717, 1.165) is 56.4 Å². The molecule has 0 aliphatic carbocycles. The van der Waals surface area contributed by atoms with Crippen molar-refractivity contribution in [2.75, 3.05) is 45.6 Å². The van der Waals surface area contributed by atoms with E-state index in [1.807, 2.05) is 0 Å². The molecule has 1 fully saturated rings. The van der Waals surface area contributed by atoms with Gasteiger partial charge in [0.2, 0.25) is 0 Å². The highest BCUT2D eigenvalue weighted by molar-refractivity contribution is 5.45. The first-order valence-electron chi connectivity index (χ1n) is 7.98. The molecule has 1 aromatic heterocycles. The van der Waals surface area contributed by atoms with Crippen molar-refractivity contribution in [3.05, 3.63) is 17.1 Å². The van der Waals surface area contributed by atoms with Crippen molar-refractivity contribution in [3.63, 3.8) is 0 Å². The highest BCUT2D eigenvalue weighted by Gasteiger charge is 2.23. The monoisotopic (exact) mass is 291 g/mol. The Hall–Kier alpha value is -1.20. The second kappa shape index (κ2) is 7.18. The van der Waals surface area contributed by atoms with E-state index in [-0.39, 0.29) is 0 Å². The van der Waals surface area contributed by atoms with Gasteiger partial charge in [0.05, 0.1) is 0 Å². The zero-order valence-electron chi connectivity index (χ0n) is 14.1. The van der Waals surface area contributed by atoms with Gasteiger partial charge in [0.15, 0.2) is 0 Å². The third-order valence-corrected chi connectivity index (χ3v) is 4.38. The largest absolute Gasteiger partial charge is 0.370 e. The number of nitrogens with zero attached hydrogens (tertiary/aromatic N) is 4. The van der Waals surface area contributed by atoms with E-state index in [2.05, 4.69) is 50.0 Å². The Morgan fingerprint density at radius 1 is 1.19 bits per heavy atom. The van der Waals surface area contributed by atoms with Gasteiger partial charge in [-0.3, -0.25) is 0 Å². The lowest BCUT2D eigenvalue weighted by Crippen LogP contribution is -2.51. The second-order valence-corrected chi connectivity index (χ2v) is 6.23. The zero-order chi connectivity index (χ0) is 15.4. The topological polar surface area (TPSA) is 44.3 Å². The lowest BCUT2D eigenvalue weighted by Gasteiger charge is -2.37. The van der Waals surface area contributed by atoms with E-state index in [4.69, 9.17) is 9.97 Å². The SMILES string of the molecule is CCCNc1nc(CC2CN(C)CCN2C)nc(C)c1C. The van der Waals surface area contributed by atoms with Crippen LogP contribution in [0.2, 0.25) is 0 Å². The summed E-state index contributed by atoms with van der Waals surface area (Å²) in [4.78, 5) is 14.3. The van der Waals surface area contributed by atoms with Gasteiger partial charge in [0, 0.05) is 49.9 Å². The predicted octanol–water partition coefficient (Wildman–Crippen LogP) is 1.70. The van der Waals surface area contributed by atoms with Crippen molar-refractivity contribution in [1.82, 2.24) is 19.8 Å². The van der Waals surface area contributed by atoms with Crippen molar-refractivity contribution in [1.29, 1.82) is 0 Å². The molecule has 5 nitrogen and oxygen atoms in total. The van der Waals surface area contributed by atoms with Crippen LogP contribution in [0.1, 0.15) is 30.4 Å². The van der Waals surface area contributed by atoms with E-state index in [1.165, 1.54) is 5.56 Å². The quantitative estimate of drug-likeness (QED) is 0.894. The lowest BCUT2D eigenvalue weighted by atomic mass is 10.1. The summed E-state index contributed by atoms with van der Waals surface area (Å²) in [6, 6.07) is 0.505. The Kier molecular flexibility index (Phi) is 5.53. The first kappa shape index (κ1) is 16.2. The Balaban J connectivity index is 2.13. The third-order valence-electron chi connectivity index (χ3n) is 4.38. The molecular formula is C16H29N5. The van der Waals surface area contributed by atoms with E-state index in [0.29, 0.717) is 6.04 Å². The van der Waals surface area contributed by atoms with E-state index < -0.39 is 0 Å². The van der Waals surface area contributed by atoms with Crippen molar-refractivity contribution >= 4 is 5.82 Å². The van der Waals surface area contributed by atoms with Gasteiger partial charge in [0.25, 0.3) is 0 Å². The van der Waals surface area contributed by atoms with Crippen LogP contribution in [0.15, 0.2) is 0 Å². The van der Waals surface area contributed by atoms with Gasteiger partial charge < -0.3 is 15.1 Å². The van der Waals surface area contributed by atoms with Crippen molar-refractivity contribution < 1.29 is 0 Å². The van der Waals surface area contributed by atoms with Crippen LogP contribution < -0.4 is 5.32 Å². The summed E-state index contributed by atoms with van der Waals surface area (Å²) >= 11 is 0. The molecule has 0 bridgehead atoms. The molecule has 0 aromatic carbocycles. The molecule has 1 aliphatic heterocycles. The van der Waals surface area contributed by atoms with Crippen LogP contribution in [0, 0.1) is 13.8 Å². The number of nitrogens with one attached hydrogen (secondary N) is 1. The highest BCUT2D eigenvalue weighted by atomic mass is 15.3. The maximum absolute atomic E-state index is 4.76. The Morgan fingerprint density at radius 2 is 1.95 bits per heavy atom. The van der Waals surface area contributed by atoms with Gasteiger partial charge >= 0.3 is 0 Å². The standard InChI is InChI=1S/C16H29N5/c1-6-7-17-16-12(2)13(3)18-15(19-16)10-14-11-20(4)8-9-21(14)5/h14H,6-11H2,1-5H3,(H,17,18,19). The van der Waals surface area contributed by atoms with E-state index in [1.54, 1.807) is 0 Å². The smallest absolute Gasteiger partial charge is 0.132 e. The van der Waals surface area contributed by atoms with Crippen LogP contribution in [0.3, 0.4) is 0 Å². The van der Waals surface area contributed by atoms with Crippen molar-refractivity contribution in [3.8, 4) is 0 Å². The minimum Gasteiger partial charge on any atom is -0.370 e. The fourth-order valence-corrected chi connectivity index (χ4v) is 2.73. The first-order chi connectivity index (χ1) is 10.0. The molecule has 1 aromatic rings. The van der Waals surface area contributed by atoms with Crippen LogP contribution in [0.25, 0.3) is 0 Å². The van der Waals surface area contributed by atoms with Gasteiger partial charge in [-0.05, 0) is 34.4 Å². The van der Waals surface area contributed by atoms with Gasteiger partial charge in [-0.25, -0.2) is 9.97 Å². The summed E-state index contributed by atoms with van der Waals surface area (Å²) in [6.45, 7) is 10.7. The molecule has 118 valence electrons. The Labute approximate surface area is 128 Å². The average molecular weight is 291 g/mol. The average Bonchev–Trinajstić information content (AvgIpc) is 2.45. The van der Waals surface area contributed by atoms with Crippen LogP contribution >= 0.6 is 0 Å². The van der Waals surface area contributed by atoms with Gasteiger partial charge in [-0.1, -0.05) is 6.92 Å². The number of aryl methyl sites for hydroxylation is 1. The molecule has 1 saturated heterocycles. The minimum atomic E-state index is 0.505. The number of hydrogen-bond acceptors (Lipinski definition) is 5. The molecule has 0 radical (unpaired) electrons. The summed E-state index contributed by atoms with van der Waals surface area (Å²) < 4.78 is 0. The van der Waals surface area contributed by atoms with E-state index in [9.17, 15) is 0 Å². The van der Waals surface area contributed by atoms with Crippen molar-refractivity contribution in [2.24, 2.45) is 0 Å². The summed E-state index contributed by atoms with van der Waals surface area (Å²) in [5.41, 5.74) is 2.26. The predicted molar refractivity (Wildman–Crippen MR) is 87.9 cm³/mol. The van der Waals surface area contributed by atoms with Crippen LogP contribution in [0.4, 0.5) is 5.82 Å². The highest BCUT2D eigenvalue weighted by Crippen LogP contribution is 2.17. The number of hydrogen-bond donors (Lipinski definition) is 1. The van der Waals surface area contributed by atoms with Crippen LogP contribution in [-0.4, -0.2) is 66.1 Å². The third kappa shape index (κ3) is 4.14. The molecule has 1 N–H and O–H groups in total. The number of anilines is 1. The molecular weight excluding hydrogens is 262 g/mol. The van der Waals surface area contributed by atoms with E-state index >= 15 is 0 Å². The van der Waals surface area contributed by atoms with Gasteiger partial charge in [0.1, 0.15) is 11.6 Å². The fraction of sp³-hybridized carbons (Fsp3) is 0.750. The first-order valence-corrected chi connectivity index (χ1v) is 7.98. The summed E-state index contributed by atoms with van der Waals surface area (Å²) in [5, 5.41) is 3.43. The molecule has 1 aliphatic rings. The zero-order valence-corrected chi connectivity index (χ0v) is 14.1. The summed E-state index contributed by atoms with van der Waals surface area (Å²) in [6.07, 6.45) is 2.02. The van der Waals surface area contributed by atoms with Crippen LogP contribution in [-0.2, 0) is 6.42 Å². The fourth-order valence-electron chi connectivity index (χ4n) is 2.73. The van der Waals surface area contributed by atoms with Crippen molar-refractivity contribution in [2.45, 2.75) is 39.7 Å². The summed E-state index contributed by atoms with van der Waals surface area (Å²) in [5.74, 6) is 1.97. The van der Waals surface area contributed by atoms with Gasteiger partial charge in [-0.15, -0.1) is 0 Å². The molecule has 5 heteroatoms. The molecule has 0 amide bonds. The molecule has 2 rings (SSSR count). The molecule has 0 saturated carbocycles. The molecule has 1 atom stereocenters. The second-order valence-electron chi connectivity index (χ2n) is 6.23. The molecule has 21 heavy (non-hydrogen) atoms.